The molecule has 0 unspecified atom stereocenters. The van der Waals surface area contributed by atoms with Gasteiger partial charge >= 0.3 is 0 Å². The van der Waals surface area contributed by atoms with Crippen LogP contribution in [0.3, 0.4) is 0 Å². The zero-order valence-corrected chi connectivity index (χ0v) is 14.3. The molecule has 0 spiro atoms. The Morgan fingerprint density at radius 1 is 1.30 bits per heavy atom. The third kappa shape index (κ3) is 3.58. The standard InChI is InChI=1S/C18H22BClN2O/c1-22-11-14(17-15(19)8-13(20)9-16(17)22)18(23)21-10-12-6-4-2-3-5-7-12/h8-9,11-12H,2-7,10H2,1H3,(H,21,23). The van der Waals surface area contributed by atoms with Gasteiger partial charge in [0, 0.05) is 35.7 Å². The molecule has 2 radical (unpaired) electrons. The number of amides is 1. The van der Waals surface area contributed by atoms with E-state index in [1.54, 1.807) is 6.07 Å². The summed E-state index contributed by atoms with van der Waals surface area (Å²) in [6.45, 7) is 0.753. The van der Waals surface area contributed by atoms with E-state index in [0.717, 1.165) is 17.4 Å². The van der Waals surface area contributed by atoms with E-state index >= 15 is 0 Å². The van der Waals surface area contributed by atoms with Gasteiger partial charge in [-0.1, -0.05) is 42.7 Å². The van der Waals surface area contributed by atoms with E-state index < -0.39 is 0 Å². The lowest BCUT2D eigenvalue weighted by atomic mass is 9.90. The molecular weight excluding hydrogens is 306 g/mol. The molecule has 1 fully saturated rings. The van der Waals surface area contributed by atoms with Crippen molar-refractivity contribution >= 4 is 41.7 Å². The highest BCUT2D eigenvalue weighted by molar-refractivity contribution is 6.42. The lowest BCUT2D eigenvalue weighted by molar-refractivity contribution is 0.0947. The zero-order chi connectivity index (χ0) is 16.4. The van der Waals surface area contributed by atoms with Crippen molar-refractivity contribution in [2.75, 3.05) is 6.54 Å². The summed E-state index contributed by atoms with van der Waals surface area (Å²) in [4.78, 5) is 12.6. The fourth-order valence-electron chi connectivity index (χ4n) is 3.58. The van der Waals surface area contributed by atoms with Crippen molar-refractivity contribution in [3.63, 3.8) is 0 Å². The average Bonchev–Trinajstić information content (AvgIpc) is 2.71. The Morgan fingerprint density at radius 3 is 2.70 bits per heavy atom. The van der Waals surface area contributed by atoms with Crippen LogP contribution in [0.4, 0.5) is 0 Å². The summed E-state index contributed by atoms with van der Waals surface area (Å²) in [5, 5.41) is 4.48. The van der Waals surface area contributed by atoms with Crippen LogP contribution >= 0.6 is 11.6 Å². The van der Waals surface area contributed by atoms with Gasteiger partial charge in [0.2, 0.25) is 0 Å². The maximum Gasteiger partial charge on any atom is 0.253 e. The fourth-order valence-corrected chi connectivity index (χ4v) is 3.81. The van der Waals surface area contributed by atoms with Gasteiger partial charge in [-0.2, -0.15) is 0 Å². The predicted octanol–water partition coefficient (Wildman–Crippen LogP) is 3.33. The van der Waals surface area contributed by atoms with Crippen molar-refractivity contribution in [1.82, 2.24) is 9.88 Å². The maximum absolute atomic E-state index is 12.6. The van der Waals surface area contributed by atoms with E-state index in [0.29, 0.717) is 22.0 Å². The molecule has 0 saturated heterocycles. The monoisotopic (exact) mass is 328 g/mol. The van der Waals surface area contributed by atoms with Crippen LogP contribution in [0.5, 0.6) is 0 Å². The number of rotatable bonds is 3. The summed E-state index contributed by atoms with van der Waals surface area (Å²) in [7, 11) is 7.99. The summed E-state index contributed by atoms with van der Waals surface area (Å²) in [5.74, 6) is 0.553. The van der Waals surface area contributed by atoms with Gasteiger partial charge in [0.15, 0.2) is 0 Å². The highest BCUT2D eigenvalue weighted by Crippen LogP contribution is 2.24. The highest BCUT2D eigenvalue weighted by atomic mass is 35.5. The molecule has 1 aliphatic carbocycles. The molecule has 23 heavy (non-hydrogen) atoms. The van der Waals surface area contributed by atoms with Crippen LogP contribution in [0.25, 0.3) is 10.9 Å². The molecular formula is C18H22BClN2O. The van der Waals surface area contributed by atoms with Gasteiger partial charge in [-0.3, -0.25) is 4.79 Å². The highest BCUT2D eigenvalue weighted by Gasteiger charge is 2.18. The van der Waals surface area contributed by atoms with Crippen LogP contribution in [0.2, 0.25) is 5.02 Å². The van der Waals surface area contributed by atoms with E-state index in [2.05, 4.69) is 5.32 Å². The molecule has 1 heterocycles. The predicted molar refractivity (Wildman–Crippen MR) is 96.8 cm³/mol. The normalized spacial score (nSPS) is 16.4. The molecule has 0 bridgehead atoms. The van der Waals surface area contributed by atoms with Gasteiger partial charge in [-0.25, -0.2) is 0 Å². The topological polar surface area (TPSA) is 34.0 Å². The number of carbonyl (C=O) groups excluding carboxylic acids is 1. The first kappa shape index (κ1) is 16.4. The zero-order valence-electron chi connectivity index (χ0n) is 13.6. The lowest BCUT2D eigenvalue weighted by Gasteiger charge is -2.14. The van der Waals surface area contributed by atoms with Crippen molar-refractivity contribution < 1.29 is 4.79 Å². The van der Waals surface area contributed by atoms with Crippen LogP contribution in [-0.4, -0.2) is 24.9 Å². The number of hydrogen-bond donors (Lipinski definition) is 1. The van der Waals surface area contributed by atoms with Crippen molar-refractivity contribution in [2.24, 2.45) is 13.0 Å². The minimum Gasteiger partial charge on any atom is -0.352 e. The first-order valence-corrected chi connectivity index (χ1v) is 8.76. The number of nitrogens with one attached hydrogen (secondary N) is 1. The van der Waals surface area contributed by atoms with Crippen molar-refractivity contribution in [3.05, 3.63) is 28.9 Å². The lowest BCUT2D eigenvalue weighted by Crippen LogP contribution is -2.29. The Hall–Kier alpha value is -1.42. The van der Waals surface area contributed by atoms with Crippen molar-refractivity contribution in [2.45, 2.75) is 38.5 Å². The van der Waals surface area contributed by atoms with E-state index in [9.17, 15) is 4.79 Å². The quantitative estimate of drug-likeness (QED) is 0.680. The van der Waals surface area contributed by atoms with Crippen LogP contribution in [0.15, 0.2) is 18.3 Å². The number of aryl methyl sites for hydroxylation is 1. The Balaban J connectivity index is 1.78. The van der Waals surface area contributed by atoms with Crippen molar-refractivity contribution in [3.8, 4) is 0 Å². The number of fused-ring (bicyclic) bond motifs is 1. The number of nitrogens with zero attached hydrogens (tertiary/aromatic N) is 1. The molecule has 2 aromatic rings. The van der Waals surface area contributed by atoms with E-state index in [1.807, 2.05) is 23.9 Å². The third-order valence-electron chi connectivity index (χ3n) is 4.86. The molecule has 1 saturated carbocycles. The van der Waals surface area contributed by atoms with E-state index in [4.69, 9.17) is 19.4 Å². The number of hydrogen-bond acceptors (Lipinski definition) is 1. The second kappa shape index (κ2) is 7.00. The molecule has 3 nitrogen and oxygen atoms in total. The van der Waals surface area contributed by atoms with E-state index in [-0.39, 0.29) is 5.91 Å². The first-order valence-electron chi connectivity index (χ1n) is 8.38. The largest absolute Gasteiger partial charge is 0.352 e. The molecule has 1 aromatic heterocycles. The van der Waals surface area contributed by atoms with Gasteiger partial charge < -0.3 is 9.88 Å². The molecule has 3 rings (SSSR count). The van der Waals surface area contributed by atoms with Gasteiger partial charge in [-0.05, 0) is 30.9 Å². The van der Waals surface area contributed by atoms with Crippen LogP contribution in [0.1, 0.15) is 48.9 Å². The summed E-state index contributed by atoms with van der Waals surface area (Å²) in [6.07, 6.45) is 9.47. The molecule has 1 N–H and O–H groups in total. The molecule has 1 aromatic carbocycles. The number of halogens is 1. The van der Waals surface area contributed by atoms with Gasteiger partial charge in [-0.15, -0.1) is 0 Å². The molecule has 0 atom stereocenters. The number of aromatic nitrogens is 1. The van der Waals surface area contributed by atoms with Crippen LogP contribution in [0, 0.1) is 5.92 Å². The summed E-state index contributed by atoms with van der Waals surface area (Å²) >= 11 is 6.07. The molecule has 5 heteroatoms. The Labute approximate surface area is 143 Å². The Bertz CT molecular complexity index is 717. The molecule has 120 valence electrons. The smallest absolute Gasteiger partial charge is 0.253 e. The van der Waals surface area contributed by atoms with Crippen molar-refractivity contribution in [1.29, 1.82) is 0 Å². The molecule has 1 amide bonds. The summed E-state index contributed by atoms with van der Waals surface area (Å²) in [6, 6.07) is 3.54. The number of carbonyl (C=O) groups is 1. The first-order chi connectivity index (χ1) is 11.1. The van der Waals surface area contributed by atoms with Gasteiger partial charge in [0.1, 0.15) is 7.85 Å². The number of benzene rings is 1. The van der Waals surface area contributed by atoms with Crippen LogP contribution in [-0.2, 0) is 7.05 Å². The Morgan fingerprint density at radius 2 is 2.00 bits per heavy atom. The minimum atomic E-state index is -0.0473. The maximum atomic E-state index is 12.6. The SMILES string of the molecule is [B]c1cc(Cl)cc2c1c(C(=O)NCC1CCCCCC1)cn2C. The third-order valence-corrected chi connectivity index (χ3v) is 5.07. The van der Waals surface area contributed by atoms with Gasteiger partial charge in [0.25, 0.3) is 5.91 Å². The summed E-state index contributed by atoms with van der Waals surface area (Å²) in [5.41, 5.74) is 2.06. The van der Waals surface area contributed by atoms with Gasteiger partial charge in [0.05, 0.1) is 5.56 Å². The Kier molecular flexibility index (Phi) is 5.00. The molecule has 1 aliphatic rings. The second-order valence-corrected chi connectivity index (χ2v) is 7.05. The fraction of sp³-hybridized carbons (Fsp3) is 0.500. The van der Waals surface area contributed by atoms with Crippen LogP contribution < -0.4 is 10.8 Å². The minimum absolute atomic E-state index is 0.0473. The van der Waals surface area contributed by atoms with E-state index in [1.165, 1.54) is 38.5 Å². The average molecular weight is 329 g/mol. The molecule has 0 aliphatic heterocycles. The summed E-state index contributed by atoms with van der Waals surface area (Å²) < 4.78 is 1.90. The second-order valence-electron chi connectivity index (χ2n) is 6.61.